The van der Waals surface area contributed by atoms with Crippen molar-refractivity contribution in [2.24, 2.45) is 5.10 Å². The number of carbonyl (C=O) groups excluding carboxylic acids is 1. The van der Waals surface area contributed by atoms with Crippen LogP contribution in [-0.2, 0) is 6.61 Å². The summed E-state index contributed by atoms with van der Waals surface area (Å²) in [7, 11) is 1.56. The van der Waals surface area contributed by atoms with Crippen LogP contribution in [0, 0.1) is 0 Å². The first kappa shape index (κ1) is 25.3. The van der Waals surface area contributed by atoms with E-state index in [0.717, 1.165) is 15.6 Å². The zero-order chi connectivity index (χ0) is 23.8. The van der Waals surface area contributed by atoms with E-state index in [-0.39, 0.29) is 5.91 Å². The molecule has 1 amide bonds. The molecule has 0 aliphatic carbocycles. The van der Waals surface area contributed by atoms with Crippen molar-refractivity contribution in [1.82, 2.24) is 5.43 Å². The molecule has 0 aliphatic rings. The van der Waals surface area contributed by atoms with Gasteiger partial charge in [-0.1, -0.05) is 30.3 Å². The number of halogens is 3. The second kappa shape index (κ2) is 12.2. The van der Waals surface area contributed by atoms with Gasteiger partial charge in [0.15, 0.2) is 11.5 Å². The fourth-order valence-corrected chi connectivity index (χ4v) is 4.81. The average Bonchev–Trinajstić information content (AvgIpc) is 2.80. The van der Waals surface area contributed by atoms with E-state index < -0.39 is 0 Å². The molecule has 0 unspecified atom stereocenters. The Bertz CT molecular complexity index is 1130. The Hall–Kier alpha value is -2.36. The highest BCUT2D eigenvalue weighted by Crippen LogP contribution is 2.35. The van der Waals surface area contributed by atoms with E-state index in [1.54, 1.807) is 25.5 Å². The number of hydrogen-bond donors (Lipinski definition) is 1. The Kier molecular flexibility index (Phi) is 9.34. The molecule has 3 aromatic carbocycles. The number of hydrogen-bond acceptors (Lipinski definition) is 5. The smallest absolute Gasteiger partial charge is 0.271 e. The Morgan fingerprint density at radius 2 is 1.64 bits per heavy atom. The van der Waals surface area contributed by atoms with E-state index in [1.165, 1.54) is 0 Å². The van der Waals surface area contributed by atoms with Gasteiger partial charge in [0.25, 0.3) is 5.91 Å². The van der Waals surface area contributed by atoms with Crippen molar-refractivity contribution in [3.63, 3.8) is 0 Å². The van der Waals surface area contributed by atoms with E-state index in [2.05, 4.69) is 58.3 Å². The van der Waals surface area contributed by atoms with Crippen molar-refractivity contribution in [1.29, 1.82) is 0 Å². The second-order valence-electron chi connectivity index (χ2n) is 6.70. The maximum Gasteiger partial charge on any atom is 0.271 e. The van der Waals surface area contributed by atoms with Crippen molar-refractivity contribution in [2.75, 3.05) is 13.7 Å². The lowest BCUT2D eigenvalue weighted by Crippen LogP contribution is -2.17. The Morgan fingerprint density at radius 1 is 0.970 bits per heavy atom. The summed E-state index contributed by atoms with van der Waals surface area (Å²) in [6, 6.07) is 16.9. The molecule has 1 N–H and O–H groups in total. The van der Waals surface area contributed by atoms with Crippen LogP contribution in [0.15, 0.2) is 73.1 Å². The van der Waals surface area contributed by atoms with Gasteiger partial charge in [0.2, 0.25) is 0 Å². The number of nitrogens with zero attached hydrogens (tertiary/aromatic N) is 1. The molecular formula is C24H21Br3N2O4. The first-order valence-electron chi connectivity index (χ1n) is 9.92. The Morgan fingerprint density at radius 3 is 2.27 bits per heavy atom. The lowest BCUT2D eigenvalue weighted by Gasteiger charge is -2.14. The van der Waals surface area contributed by atoms with Crippen LogP contribution in [0.25, 0.3) is 0 Å². The monoisotopic (exact) mass is 638 g/mol. The van der Waals surface area contributed by atoms with Crippen molar-refractivity contribution in [3.8, 4) is 17.2 Å². The number of benzene rings is 3. The van der Waals surface area contributed by atoms with Crippen molar-refractivity contribution in [3.05, 3.63) is 84.7 Å². The molecule has 0 atom stereocenters. The number of rotatable bonds is 9. The number of hydrazone groups is 1. The standard InChI is InChI=1S/C24H21Br3N2O4/c1-3-32-21-11-17(18(25)12-22(21)33-14-15-7-5-4-6-8-15)13-28-29-24(30)16-9-19(26)23(31-2)20(27)10-16/h4-13H,3,14H2,1-2H3,(H,29,30)/b28-13-. The molecule has 0 aliphatic heterocycles. The van der Waals surface area contributed by atoms with Crippen LogP contribution in [0.2, 0.25) is 0 Å². The van der Waals surface area contributed by atoms with Crippen molar-refractivity contribution >= 4 is 59.9 Å². The number of amides is 1. The molecule has 33 heavy (non-hydrogen) atoms. The zero-order valence-corrected chi connectivity index (χ0v) is 22.7. The number of methoxy groups -OCH3 is 1. The molecule has 0 radical (unpaired) electrons. The highest BCUT2D eigenvalue weighted by molar-refractivity contribution is 9.11. The van der Waals surface area contributed by atoms with Gasteiger partial charge in [-0.25, -0.2) is 5.43 Å². The minimum atomic E-state index is -0.362. The summed E-state index contributed by atoms with van der Waals surface area (Å²) in [6.45, 7) is 2.81. The van der Waals surface area contributed by atoms with Gasteiger partial charge < -0.3 is 14.2 Å². The summed E-state index contributed by atoms with van der Waals surface area (Å²) in [5.41, 5.74) is 4.74. The summed E-state index contributed by atoms with van der Waals surface area (Å²) in [4.78, 5) is 12.5. The van der Waals surface area contributed by atoms with Crippen LogP contribution in [0.5, 0.6) is 17.2 Å². The van der Waals surface area contributed by atoms with E-state index in [0.29, 0.717) is 45.0 Å². The molecule has 0 fully saturated rings. The highest BCUT2D eigenvalue weighted by atomic mass is 79.9. The lowest BCUT2D eigenvalue weighted by atomic mass is 10.2. The van der Waals surface area contributed by atoms with E-state index >= 15 is 0 Å². The molecule has 0 saturated heterocycles. The molecule has 0 aromatic heterocycles. The van der Waals surface area contributed by atoms with Crippen LogP contribution < -0.4 is 19.6 Å². The average molecular weight is 641 g/mol. The normalized spacial score (nSPS) is 10.8. The number of carbonyl (C=O) groups is 1. The predicted molar refractivity (Wildman–Crippen MR) is 140 cm³/mol. The second-order valence-corrected chi connectivity index (χ2v) is 9.26. The first-order valence-corrected chi connectivity index (χ1v) is 12.3. The summed E-state index contributed by atoms with van der Waals surface area (Å²) in [5, 5.41) is 4.09. The quantitative estimate of drug-likeness (QED) is 0.208. The Balaban J connectivity index is 1.73. The SMILES string of the molecule is CCOc1cc(/C=N\NC(=O)c2cc(Br)c(OC)c(Br)c2)c(Br)cc1OCc1ccccc1. The van der Waals surface area contributed by atoms with Crippen LogP contribution in [0.4, 0.5) is 0 Å². The van der Waals surface area contributed by atoms with Gasteiger partial charge in [-0.2, -0.15) is 5.10 Å². The third-order valence-corrected chi connectivity index (χ3v) is 6.30. The van der Waals surface area contributed by atoms with Crippen LogP contribution in [0.1, 0.15) is 28.4 Å². The van der Waals surface area contributed by atoms with Gasteiger partial charge in [-0.15, -0.1) is 0 Å². The minimum Gasteiger partial charge on any atom is -0.494 e. The molecule has 3 rings (SSSR count). The van der Waals surface area contributed by atoms with Gasteiger partial charge in [-0.05, 0) is 84.5 Å². The fraction of sp³-hybridized carbons (Fsp3) is 0.167. The van der Waals surface area contributed by atoms with Gasteiger partial charge in [0.05, 0.1) is 28.9 Å². The summed E-state index contributed by atoms with van der Waals surface area (Å²) in [6.07, 6.45) is 1.54. The third kappa shape index (κ3) is 6.82. The highest BCUT2D eigenvalue weighted by Gasteiger charge is 2.13. The van der Waals surface area contributed by atoms with Gasteiger partial charge in [0, 0.05) is 15.6 Å². The molecule has 6 nitrogen and oxygen atoms in total. The maximum absolute atomic E-state index is 12.5. The van der Waals surface area contributed by atoms with E-state index in [1.807, 2.05) is 49.4 Å². The van der Waals surface area contributed by atoms with Gasteiger partial charge >= 0.3 is 0 Å². The van der Waals surface area contributed by atoms with E-state index in [9.17, 15) is 4.79 Å². The maximum atomic E-state index is 12.5. The Labute approximate surface area is 217 Å². The molecule has 0 heterocycles. The largest absolute Gasteiger partial charge is 0.494 e. The van der Waals surface area contributed by atoms with E-state index in [4.69, 9.17) is 14.2 Å². The molecule has 9 heteroatoms. The van der Waals surface area contributed by atoms with Crippen LogP contribution in [0.3, 0.4) is 0 Å². The van der Waals surface area contributed by atoms with Crippen molar-refractivity contribution < 1.29 is 19.0 Å². The van der Waals surface area contributed by atoms with Crippen molar-refractivity contribution in [2.45, 2.75) is 13.5 Å². The van der Waals surface area contributed by atoms with Gasteiger partial charge in [0.1, 0.15) is 12.4 Å². The summed E-state index contributed by atoms with van der Waals surface area (Å²) >= 11 is 10.3. The zero-order valence-electron chi connectivity index (χ0n) is 17.9. The first-order chi connectivity index (χ1) is 15.9. The number of nitrogens with one attached hydrogen (secondary N) is 1. The van der Waals surface area contributed by atoms with Crippen LogP contribution in [-0.4, -0.2) is 25.8 Å². The topological polar surface area (TPSA) is 69.2 Å². The molecule has 0 bridgehead atoms. The van der Waals surface area contributed by atoms with Crippen LogP contribution >= 0.6 is 47.8 Å². The summed E-state index contributed by atoms with van der Waals surface area (Å²) < 4.78 is 19.0. The molecule has 0 spiro atoms. The number of ether oxygens (including phenoxy) is 3. The molecule has 172 valence electrons. The lowest BCUT2D eigenvalue weighted by molar-refractivity contribution is 0.0955. The summed E-state index contributed by atoms with van der Waals surface area (Å²) in [5.74, 6) is 1.45. The molecule has 3 aromatic rings. The third-order valence-electron chi connectivity index (χ3n) is 4.43. The predicted octanol–water partition coefficient (Wildman–Crippen LogP) is 6.72. The molecule has 0 saturated carbocycles. The fourth-order valence-electron chi connectivity index (χ4n) is 2.88. The van der Waals surface area contributed by atoms with Gasteiger partial charge in [-0.3, -0.25) is 4.79 Å². The molecular weight excluding hydrogens is 620 g/mol. The minimum absolute atomic E-state index is 0.362.